The Morgan fingerprint density at radius 2 is 1.81 bits per heavy atom. The number of hydrogen-bond acceptors (Lipinski definition) is 5. The van der Waals surface area contributed by atoms with E-state index in [4.69, 9.17) is 0 Å². The molecule has 0 atom stereocenters. The van der Waals surface area contributed by atoms with E-state index >= 15 is 0 Å². The van der Waals surface area contributed by atoms with Crippen LogP contribution in [0.3, 0.4) is 0 Å². The number of nitrogens with zero attached hydrogens (tertiary/aromatic N) is 4. The molecule has 3 aromatic rings. The second-order valence-electron chi connectivity index (χ2n) is 6.10. The van der Waals surface area contributed by atoms with Crippen LogP contribution in [-0.4, -0.2) is 38.5 Å². The van der Waals surface area contributed by atoms with Gasteiger partial charge in [-0.25, -0.2) is 15.0 Å². The summed E-state index contributed by atoms with van der Waals surface area (Å²) in [4.78, 5) is 24.9. The quantitative estimate of drug-likeness (QED) is 0.667. The zero-order valence-electron chi connectivity index (χ0n) is 15.2. The largest absolute Gasteiger partial charge is 0.368 e. The molecule has 0 radical (unpaired) electrons. The van der Waals surface area contributed by atoms with Crippen LogP contribution in [0.4, 0.5) is 5.82 Å². The van der Waals surface area contributed by atoms with Gasteiger partial charge in [-0.2, -0.15) is 0 Å². The number of rotatable bonds is 6. The molecule has 2 heterocycles. The summed E-state index contributed by atoms with van der Waals surface area (Å²) in [5.41, 5.74) is 3.80. The molecule has 1 aromatic carbocycles. The molecule has 0 aliphatic rings. The number of hydrogen-bond donors (Lipinski definition) is 2. The Balaban J connectivity index is 1.54. The monoisotopic (exact) mass is 350 g/mol. The molecule has 3 rings (SSSR count). The Bertz CT molecular complexity index is 901. The van der Waals surface area contributed by atoms with E-state index in [1.807, 2.05) is 55.7 Å². The number of imidazole rings is 1. The van der Waals surface area contributed by atoms with E-state index in [-0.39, 0.29) is 5.91 Å². The third kappa shape index (κ3) is 4.05. The molecule has 134 valence electrons. The summed E-state index contributed by atoms with van der Waals surface area (Å²) in [5, 5.41) is 6.08. The molecule has 0 spiro atoms. The summed E-state index contributed by atoms with van der Waals surface area (Å²) >= 11 is 0. The highest BCUT2D eigenvalue weighted by molar-refractivity contribution is 5.94. The highest BCUT2D eigenvalue weighted by Crippen LogP contribution is 2.13. The Kier molecular flexibility index (Phi) is 5.26. The maximum Gasteiger partial charge on any atom is 0.251 e. The van der Waals surface area contributed by atoms with Crippen molar-refractivity contribution in [2.24, 2.45) is 0 Å². The highest BCUT2D eigenvalue weighted by Gasteiger charge is 2.07. The first-order valence-corrected chi connectivity index (χ1v) is 8.46. The normalized spacial score (nSPS) is 10.6. The molecular weight excluding hydrogens is 328 g/mol. The molecule has 2 N–H and O–H groups in total. The number of anilines is 1. The minimum atomic E-state index is -0.0836. The molecule has 2 aromatic heterocycles. The van der Waals surface area contributed by atoms with E-state index < -0.39 is 0 Å². The van der Waals surface area contributed by atoms with Gasteiger partial charge >= 0.3 is 0 Å². The minimum absolute atomic E-state index is 0.0836. The van der Waals surface area contributed by atoms with Crippen molar-refractivity contribution in [3.8, 4) is 5.82 Å². The van der Waals surface area contributed by atoms with Crippen molar-refractivity contribution < 1.29 is 4.79 Å². The number of carbonyl (C=O) groups is 1. The van der Waals surface area contributed by atoms with Gasteiger partial charge in [-0.1, -0.05) is 17.7 Å². The van der Waals surface area contributed by atoms with Gasteiger partial charge in [0.2, 0.25) is 0 Å². The lowest BCUT2D eigenvalue weighted by Gasteiger charge is -2.09. The van der Waals surface area contributed by atoms with E-state index in [1.165, 1.54) is 6.33 Å². The average Bonchev–Trinajstić information content (AvgIpc) is 2.98. The van der Waals surface area contributed by atoms with Crippen LogP contribution in [0.2, 0.25) is 0 Å². The van der Waals surface area contributed by atoms with Crippen LogP contribution >= 0.6 is 0 Å². The van der Waals surface area contributed by atoms with Gasteiger partial charge in [0.25, 0.3) is 5.91 Å². The van der Waals surface area contributed by atoms with Gasteiger partial charge in [-0.15, -0.1) is 0 Å². The first-order chi connectivity index (χ1) is 12.5. The number of carbonyl (C=O) groups excluding carboxylic acids is 1. The first-order valence-electron chi connectivity index (χ1n) is 8.46. The zero-order chi connectivity index (χ0) is 18.5. The SMILES string of the molecule is Cc1ccc(C(=O)NCCNc2cc(-n3cnc(C)c3C)ncn2)cc1. The average molecular weight is 350 g/mol. The lowest BCUT2D eigenvalue weighted by Crippen LogP contribution is -2.28. The summed E-state index contributed by atoms with van der Waals surface area (Å²) in [5.74, 6) is 1.37. The van der Waals surface area contributed by atoms with Gasteiger partial charge < -0.3 is 10.6 Å². The predicted molar refractivity (Wildman–Crippen MR) is 101 cm³/mol. The molecule has 7 heteroatoms. The maximum atomic E-state index is 12.1. The Labute approximate surface area is 152 Å². The van der Waals surface area contributed by atoms with E-state index in [1.54, 1.807) is 6.33 Å². The minimum Gasteiger partial charge on any atom is -0.368 e. The zero-order valence-corrected chi connectivity index (χ0v) is 15.2. The van der Waals surface area contributed by atoms with Gasteiger partial charge in [-0.05, 0) is 32.9 Å². The molecule has 0 bridgehead atoms. The molecule has 0 aliphatic heterocycles. The van der Waals surface area contributed by atoms with Crippen LogP contribution in [0.25, 0.3) is 5.82 Å². The van der Waals surface area contributed by atoms with Gasteiger partial charge in [0, 0.05) is 30.4 Å². The highest BCUT2D eigenvalue weighted by atomic mass is 16.1. The fourth-order valence-corrected chi connectivity index (χ4v) is 2.48. The fourth-order valence-electron chi connectivity index (χ4n) is 2.48. The lowest BCUT2D eigenvalue weighted by atomic mass is 10.1. The van der Waals surface area contributed by atoms with Gasteiger partial charge in [0.1, 0.15) is 24.3 Å². The number of aromatic nitrogens is 4. The van der Waals surface area contributed by atoms with Gasteiger partial charge in [-0.3, -0.25) is 9.36 Å². The third-order valence-corrected chi connectivity index (χ3v) is 4.18. The van der Waals surface area contributed by atoms with E-state index in [0.29, 0.717) is 24.5 Å². The standard InChI is InChI=1S/C19H22N6O/c1-13-4-6-16(7-5-13)19(26)21-9-8-20-17-10-18(23-11-22-17)25-12-24-14(2)15(25)3/h4-7,10-12H,8-9H2,1-3H3,(H,21,26)(H,20,22,23). The second kappa shape index (κ2) is 7.77. The van der Waals surface area contributed by atoms with Crippen molar-refractivity contribution in [2.45, 2.75) is 20.8 Å². The summed E-state index contributed by atoms with van der Waals surface area (Å²) in [6, 6.07) is 9.36. The van der Waals surface area contributed by atoms with Crippen molar-refractivity contribution in [2.75, 3.05) is 18.4 Å². The van der Waals surface area contributed by atoms with Crippen LogP contribution < -0.4 is 10.6 Å². The van der Waals surface area contributed by atoms with Crippen LogP contribution in [0, 0.1) is 20.8 Å². The molecule has 26 heavy (non-hydrogen) atoms. The van der Waals surface area contributed by atoms with Crippen LogP contribution in [-0.2, 0) is 0 Å². The summed E-state index contributed by atoms with van der Waals surface area (Å²) < 4.78 is 1.92. The van der Waals surface area contributed by atoms with Crippen molar-refractivity contribution in [3.05, 3.63) is 65.5 Å². The van der Waals surface area contributed by atoms with Crippen molar-refractivity contribution in [1.82, 2.24) is 24.8 Å². The van der Waals surface area contributed by atoms with Crippen LogP contribution in [0.1, 0.15) is 27.3 Å². The Morgan fingerprint density at radius 3 is 2.50 bits per heavy atom. The smallest absolute Gasteiger partial charge is 0.251 e. The molecule has 0 unspecified atom stereocenters. The second-order valence-corrected chi connectivity index (χ2v) is 6.10. The number of amides is 1. The van der Waals surface area contributed by atoms with E-state index in [0.717, 1.165) is 22.8 Å². The summed E-state index contributed by atoms with van der Waals surface area (Å²) in [6.45, 7) is 7.01. The summed E-state index contributed by atoms with van der Waals surface area (Å²) in [6.07, 6.45) is 3.26. The van der Waals surface area contributed by atoms with Crippen LogP contribution in [0.15, 0.2) is 43.0 Å². The van der Waals surface area contributed by atoms with Crippen LogP contribution in [0.5, 0.6) is 0 Å². The molecule has 0 fully saturated rings. The maximum absolute atomic E-state index is 12.1. The number of nitrogens with one attached hydrogen (secondary N) is 2. The molecule has 0 saturated carbocycles. The lowest BCUT2D eigenvalue weighted by molar-refractivity contribution is 0.0955. The Morgan fingerprint density at radius 1 is 1.04 bits per heavy atom. The topological polar surface area (TPSA) is 84.7 Å². The third-order valence-electron chi connectivity index (χ3n) is 4.18. The van der Waals surface area contributed by atoms with Crippen molar-refractivity contribution in [3.63, 3.8) is 0 Å². The Hall–Kier alpha value is -3.22. The van der Waals surface area contributed by atoms with E-state index in [9.17, 15) is 4.79 Å². The molecule has 1 amide bonds. The number of aryl methyl sites for hydroxylation is 2. The van der Waals surface area contributed by atoms with E-state index in [2.05, 4.69) is 25.6 Å². The first kappa shape index (κ1) is 17.6. The van der Waals surface area contributed by atoms with Gasteiger partial charge in [0.15, 0.2) is 0 Å². The molecule has 0 saturated heterocycles. The van der Waals surface area contributed by atoms with Gasteiger partial charge in [0.05, 0.1) is 5.69 Å². The fraction of sp³-hybridized carbons (Fsp3) is 0.263. The summed E-state index contributed by atoms with van der Waals surface area (Å²) in [7, 11) is 0. The molecular formula is C19H22N6O. The van der Waals surface area contributed by atoms with Crippen molar-refractivity contribution in [1.29, 1.82) is 0 Å². The number of benzene rings is 1. The molecule has 7 nitrogen and oxygen atoms in total. The van der Waals surface area contributed by atoms with Crippen molar-refractivity contribution >= 4 is 11.7 Å². The molecule has 0 aliphatic carbocycles. The predicted octanol–water partition coefficient (Wildman–Crippen LogP) is 2.43.